The number of hydrogen-bond donors (Lipinski definition) is 1. The summed E-state index contributed by atoms with van der Waals surface area (Å²) in [7, 11) is -1.53. The van der Waals surface area contributed by atoms with Crippen LogP contribution in [0.15, 0.2) is 38.6 Å². The van der Waals surface area contributed by atoms with E-state index >= 15 is 0 Å². The molecule has 1 atom stereocenters. The lowest BCUT2D eigenvalue weighted by Gasteiger charge is -2.25. The van der Waals surface area contributed by atoms with Crippen LogP contribution in [0.2, 0.25) is 0 Å². The molecule has 26 heavy (non-hydrogen) atoms. The maximum atomic E-state index is 12.4. The summed E-state index contributed by atoms with van der Waals surface area (Å²) < 4.78 is 25.8. The molecular weight excluding hydrogens is 416 g/mol. The van der Waals surface area contributed by atoms with E-state index in [-0.39, 0.29) is 5.75 Å². The van der Waals surface area contributed by atoms with Crippen LogP contribution in [0, 0.1) is 0 Å². The molecule has 8 heteroatoms. The van der Waals surface area contributed by atoms with Gasteiger partial charge < -0.3 is 10.2 Å². The molecule has 1 unspecified atom stereocenters. The lowest BCUT2D eigenvalue weighted by Crippen LogP contribution is -2.43. The Bertz CT molecular complexity index is 730. The number of nitrogens with one attached hydrogen (secondary N) is 1. The minimum atomic E-state index is -3.29. The molecule has 1 aromatic rings. The van der Waals surface area contributed by atoms with Crippen molar-refractivity contribution in [1.82, 2.24) is 15.1 Å². The van der Waals surface area contributed by atoms with E-state index in [1.807, 2.05) is 0 Å². The van der Waals surface area contributed by atoms with Gasteiger partial charge in [-0.15, -0.1) is 0 Å². The highest BCUT2D eigenvalue weighted by Crippen LogP contribution is 2.20. The summed E-state index contributed by atoms with van der Waals surface area (Å²) in [4.78, 5) is 9.52. The van der Waals surface area contributed by atoms with Crippen molar-refractivity contribution < 1.29 is 8.42 Å². The molecule has 0 radical (unpaired) electrons. The fourth-order valence-corrected chi connectivity index (χ4v) is 5.15. The Balaban J connectivity index is 1.50. The SMILES string of the molecule is CN=C(NCCS(=O)(=O)c1ccc(Br)cc1)N1CCC(N2CCCC2)C1. The highest BCUT2D eigenvalue weighted by molar-refractivity contribution is 9.10. The second-order valence-electron chi connectivity index (χ2n) is 6.88. The maximum Gasteiger partial charge on any atom is 0.193 e. The second-order valence-corrected chi connectivity index (χ2v) is 9.90. The van der Waals surface area contributed by atoms with Crippen LogP contribution in [0.1, 0.15) is 19.3 Å². The molecule has 6 nitrogen and oxygen atoms in total. The molecule has 0 aliphatic carbocycles. The molecule has 0 amide bonds. The van der Waals surface area contributed by atoms with Gasteiger partial charge in [0.15, 0.2) is 15.8 Å². The first kappa shape index (κ1) is 19.6. The second kappa shape index (κ2) is 8.71. The molecule has 2 saturated heterocycles. The van der Waals surface area contributed by atoms with E-state index < -0.39 is 9.84 Å². The normalized spacial score (nSPS) is 22.2. The Kier molecular flexibility index (Phi) is 6.58. The van der Waals surface area contributed by atoms with E-state index in [0.717, 1.165) is 29.9 Å². The topological polar surface area (TPSA) is 65.0 Å². The lowest BCUT2D eigenvalue weighted by molar-refractivity contribution is 0.249. The van der Waals surface area contributed by atoms with E-state index in [0.29, 0.717) is 17.5 Å². The number of guanidine groups is 1. The largest absolute Gasteiger partial charge is 0.355 e. The van der Waals surface area contributed by atoms with Gasteiger partial charge in [-0.3, -0.25) is 9.89 Å². The van der Waals surface area contributed by atoms with E-state index in [2.05, 4.69) is 36.0 Å². The Morgan fingerprint density at radius 3 is 2.58 bits per heavy atom. The van der Waals surface area contributed by atoms with Crippen molar-refractivity contribution in [3.63, 3.8) is 0 Å². The van der Waals surface area contributed by atoms with Gasteiger partial charge in [0.05, 0.1) is 10.6 Å². The third-order valence-corrected chi connectivity index (χ3v) is 7.42. The number of halogens is 1. The van der Waals surface area contributed by atoms with Crippen molar-refractivity contribution in [2.24, 2.45) is 4.99 Å². The van der Waals surface area contributed by atoms with Crippen LogP contribution >= 0.6 is 15.9 Å². The number of rotatable bonds is 5. The molecule has 0 bridgehead atoms. The zero-order valence-corrected chi connectivity index (χ0v) is 17.6. The van der Waals surface area contributed by atoms with Gasteiger partial charge in [-0.05, 0) is 56.6 Å². The predicted molar refractivity (Wildman–Crippen MR) is 108 cm³/mol. The van der Waals surface area contributed by atoms with Gasteiger partial charge in [0.25, 0.3) is 0 Å². The summed E-state index contributed by atoms with van der Waals surface area (Å²) in [6, 6.07) is 7.37. The number of sulfone groups is 1. The fourth-order valence-electron chi connectivity index (χ4n) is 3.73. The Hall–Kier alpha value is -1.12. The summed E-state index contributed by atoms with van der Waals surface area (Å²) in [6.45, 7) is 4.71. The van der Waals surface area contributed by atoms with Crippen LogP contribution in [0.3, 0.4) is 0 Å². The molecule has 0 spiro atoms. The minimum Gasteiger partial charge on any atom is -0.355 e. The van der Waals surface area contributed by atoms with E-state index in [1.165, 1.54) is 25.9 Å². The summed E-state index contributed by atoms with van der Waals surface area (Å²) in [5.74, 6) is 0.856. The third kappa shape index (κ3) is 4.78. The lowest BCUT2D eigenvalue weighted by atomic mass is 10.2. The van der Waals surface area contributed by atoms with Crippen molar-refractivity contribution >= 4 is 31.7 Å². The molecule has 1 aromatic carbocycles. The summed E-state index contributed by atoms with van der Waals surface area (Å²) in [5.41, 5.74) is 0. The van der Waals surface area contributed by atoms with Crippen molar-refractivity contribution in [3.8, 4) is 0 Å². The van der Waals surface area contributed by atoms with Crippen LogP contribution in [-0.2, 0) is 9.84 Å². The van der Waals surface area contributed by atoms with Gasteiger partial charge in [-0.2, -0.15) is 0 Å². The minimum absolute atomic E-state index is 0.0526. The molecule has 0 aromatic heterocycles. The highest BCUT2D eigenvalue weighted by atomic mass is 79.9. The van der Waals surface area contributed by atoms with Gasteiger partial charge in [0.2, 0.25) is 0 Å². The van der Waals surface area contributed by atoms with Crippen LogP contribution in [0.5, 0.6) is 0 Å². The van der Waals surface area contributed by atoms with Gasteiger partial charge in [0, 0.05) is 37.2 Å². The first-order chi connectivity index (χ1) is 12.5. The zero-order valence-electron chi connectivity index (χ0n) is 15.2. The van der Waals surface area contributed by atoms with E-state index in [4.69, 9.17) is 0 Å². The monoisotopic (exact) mass is 442 g/mol. The Labute approximate surface area is 164 Å². The third-order valence-electron chi connectivity index (χ3n) is 5.16. The van der Waals surface area contributed by atoms with Gasteiger partial charge >= 0.3 is 0 Å². The highest BCUT2D eigenvalue weighted by Gasteiger charge is 2.30. The standard InChI is InChI=1S/C18H27BrN4O2S/c1-20-18(23-12-8-16(14-23)22-10-2-3-11-22)21-9-13-26(24,25)17-6-4-15(19)5-7-17/h4-7,16H,2-3,8-14H2,1H3,(H,20,21). The smallest absolute Gasteiger partial charge is 0.193 e. The summed E-state index contributed by atoms with van der Waals surface area (Å²) in [5, 5.41) is 3.23. The van der Waals surface area contributed by atoms with Crippen molar-refractivity contribution in [1.29, 1.82) is 0 Å². The number of aliphatic imine (C=N–C) groups is 1. The quantitative estimate of drug-likeness (QED) is 0.557. The number of hydrogen-bond acceptors (Lipinski definition) is 4. The van der Waals surface area contributed by atoms with Crippen molar-refractivity contribution in [3.05, 3.63) is 28.7 Å². The molecule has 2 aliphatic heterocycles. The average Bonchev–Trinajstić information content (AvgIpc) is 3.30. The summed E-state index contributed by atoms with van der Waals surface area (Å²) >= 11 is 3.33. The zero-order chi connectivity index (χ0) is 18.6. The number of likely N-dealkylation sites (tertiary alicyclic amines) is 2. The molecule has 3 rings (SSSR count). The van der Waals surface area contributed by atoms with Crippen molar-refractivity contribution in [2.75, 3.05) is 45.5 Å². The van der Waals surface area contributed by atoms with Crippen LogP contribution in [0.25, 0.3) is 0 Å². The first-order valence-electron chi connectivity index (χ1n) is 9.17. The summed E-state index contributed by atoms with van der Waals surface area (Å²) in [6.07, 6.45) is 3.76. The Morgan fingerprint density at radius 2 is 1.92 bits per heavy atom. The molecule has 2 aliphatic rings. The van der Waals surface area contributed by atoms with E-state index in [9.17, 15) is 8.42 Å². The van der Waals surface area contributed by atoms with Gasteiger partial charge in [-0.1, -0.05) is 15.9 Å². The molecule has 0 saturated carbocycles. The maximum absolute atomic E-state index is 12.4. The number of benzene rings is 1. The fraction of sp³-hybridized carbons (Fsp3) is 0.611. The van der Waals surface area contributed by atoms with Gasteiger partial charge in [-0.25, -0.2) is 8.42 Å². The average molecular weight is 443 g/mol. The predicted octanol–water partition coefficient (Wildman–Crippen LogP) is 1.97. The van der Waals surface area contributed by atoms with E-state index in [1.54, 1.807) is 31.3 Å². The first-order valence-corrected chi connectivity index (χ1v) is 11.6. The molecule has 2 fully saturated rings. The Morgan fingerprint density at radius 1 is 1.23 bits per heavy atom. The molecule has 144 valence electrons. The number of nitrogens with zero attached hydrogens (tertiary/aromatic N) is 3. The van der Waals surface area contributed by atoms with Crippen molar-refractivity contribution in [2.45, 2.75) is 30.2 Å². The molecular formula is C18H27BrN4O2S. The molecule has 1 N–H and O–H groups in total. The van der Waals surface area contributed by atoms with Gasteiger partial charge in [0.1, 0.15) is 0 Å². The van der Waals surface area contributed by atoms with Crippen LogP contribution in [-0.4, -0.2) is 75.7 Å². The molecule has 2 heterocycles. The van der Waals surface area contributed by atoms with Crippen LogP contribution < -0.4 is 5.32 Å². The van der Waals surface area contributed by atoms with Crippen LogP contribution in [0.4, 0.5) is 0 Å².